The molecule has 2 aliphatic rings. The average molecular weight is 260 g/mol. The van der Waals surface area contributed by atoms with Gasteiger partial charge >= 0.3 is 0 Å². The van der Waals surface area contributed by atoms with Crippen molar-refractivity contribution in [3.05, 3.63) is 0 Å². The largest absolute Gasteiger partial charge is 0.365 e. The molecule has 108 valence electrons. The maximum absolute atomic E-state index is 9.20. The SMILES string of the molecule is CC1CCCCC1(O)O.CC1CCCCC1(O)O. The molecule has 0 radical (unpaired) electrons. The van der Waals surface area contributed by atoms with E-state index in [0.29, 0.717) is 12.8 Å². The molecule has 2 fully saturated rings. The fourth-order valence-corrected chi connectivity index (χ4v) is 2.63. The molecule has 0 amide bonds. The highest BCUT2D eigenvalue weighted by atomic mass is 16.5. The zero-order chi connectivity index (χ0) is 13.8. The third-order valence-electron chi connectivity index (χ3n) is 4.44. The third-order valence-corrected chi connectivity index (χ3v) is 4.44. The third kappa shape index (κ3) is 4.50. The summed E-state index contributed by atoms with van der Waals surface area (Å²) in [6.07, 6.45) is 7.20. The Morgan fingerprint density at radius 3 is 1.17 bits per heavy atom. The Kier molecular flexibility index (Phi) is 5.59. The fourth-order valence-electron chi connectivity index (χ4n) is 2.63. The van der Waals surface area contributed by atoms with E-state index in [9.17, 15) is 20.4 Å². The molecule has 0 aliphatic heterocycles. The van der Waals surface area contributed by atoms with E-state index in [4.69, 9.17) is 0 Å². The summed E-state index contributed by atoms with van der Waals surface area (Å²) < 4.78 is 0. The molecule has 0 heterocycles. The van der Waals surface area contributed by atoms with Crippen LogP contribution in [0.1, 0.15) is 65.2 Å². The van der Waals surface area contributed by atoms with Gasteiger partial charge in [-0.05, 0) is 25.7 Å². The van der Waals surface area contributed by atoms with Crippen LogP contribution in [0.3, 0.4) is 0 Å². The molecule has 0 aromatic heterocycles. The van der Waals surface area contributed by atoms with Gasteiger partial charge in [0.2, 0.25) is 0 Å². The van der Waals surface area contributed by atoms with E-state index >= 15 is 0 Å². The second kappa shape index (κ2) is 6.33. The molecule has 2 saturated carbocycles. The summed E-state index contributed by atoms with van der Waals surface area (Å²) in [5.41, 5.74) is 0. The van der Waals surface area contributed by atoms with Crippen LogP contribution in [0.2, 0.25) is 0 Å². The van der Waals surface area contributed by atoms with Crippen molar-refractivity contribution in [2.24, 2.45) is 11.8 Å². The summed E-state index contributed by atoms with van der Waals surface area (Å²) in [5, 5.41) is 36.8. The summed E-state index contributed by atoms with van der Waals surface area (Å²) >= 11 is 0. The van der Waals surface area contributed by atoms with Crippen LogP contribution in [0.15, 0.2) is 0 Å². The molecule has 2 aliphatic carbocycles. The summed E-state index contributed by atoms with van der Waals surface area (Å²) in [6.45, 7) is 3.78. The predicted octanol–water partition coefficient (Wildman–Crippen LogP) is 1.75. The van der Waals surface area contributed by atoms with Crippen LogP contribution in [0.5, 0.6) is 0 Å². The molecule has 18 heavy (non-hydrogen) atoms. The second-order valence-electron chi connectivity index (χ2n) is 6.05. The Bertz CT molecular complexity index is 224. The van der Waals surface area contributed by atoms with Gasteiger partial charge in [0.15, 0.2) is 11.6 Å². The molecular weight excluding hydrogens is 232 g/mol. The monoisotopic (exact) mass is 260 g/mol. The second-order valence-corrected chi connectivity index (χ2v) is 6.05. The zero-order valence-corrected chi connectivity index (χ0v) is 11.6. The Morgan fingerprint density at radius 2 is 1.00 bits per heavy atom. The van der Waals surface area contributed by atoms with Crippen molar-refractivity contribution in [1.82, 2.24) is 0 Å². The normalized spacial score (nSPS) is 34.3. The predicted molar refractivity (Wildman–Crippen MR) is 69.6 cm³/mol. The van der Waals surface area contributed by atoms with E-state index in [0.717, 1.165) is 38.5 Å². The van der Waals surface area contributed by atoms with Crippen molar-refractivity contribution >= 4 is 0 Å². The van der Waals surface area contributed by atoms with E-state index in [1.807, 2.05) is 13.8 Å². The van der Waals surface area contributed by atoms with Crippen molar-refractivity contribution in [2.45, 2.75) is 76.8 Å². The molecule has 0 aromatic rings. The van der Waals surface area contributed by atoms with Crippen LogP contribution in [0.25, 0.3) is 0 Å². The highest BCUT2D eigenvalue weighted by Gasteiger charge is 2.33. The quantitative estimate of drug-likeness (QED) is 0.500. The molecule has 4 N–H and O–H groups in total. The van der Waals surface area contributed by atoms with Crippen LogP contribution in [0.4, 0.5) is 0 Å². The van der Waals surface area contributed by atoms with Gasteiger partial charge in [-0.1, -0.05) is 26.7 Å². The van der Waals surface area contributed by atoms with Crippen LogP contribution in [0, 0.1) is 11.8 Å². The van der Waals surface area contributed by atoms with Crippen LogP contribution in [-0.2, 0) is 0 Å². The molecule has 0 bridgehead atoms. The van der Waals surface area contributed by atoms with Gasteiger partial charge in [0.25, 0.3) is 0 Å². The smallest absolute Gasteiger partial charge is 0.165 e. The van der Waals surface area contributed by atoms with Gasteiger partial charge in [-0.3, -0.25) is 0 Å². The minimum Gasteiger partial charge on any atom is -0.365 e. The maximum atomic E-state index is 9.20. The number of rotatable bonds is 0. The topological polar surface area (TPSA) is 80.9 Å². The molecule has 0 saturated heterocycles. The summed E-state index contributed by atoms with van der Waals surface area (Å²) in [6, 6.07) is 0. The van der Waals surface area contributed by atoms with E-state index < -0.39 is 11.6 Å². The standard InChI is InChI=1S/2C7H14O2/c2*1-6-4-2-3-5-7(6,8)9/h2*6,8-9H,2-5H2,1H3. The lowest BCUT2D eigenvalue weighted by molar-refractivity contribution is -0.212. The van der Waals surface area contributed by atoms with Crippen molar-refractivity contribution < 1.29 is 20.4 Å². The Hall–Kier alpha value is -0.160. The number of aliphatic hydroxyl groups is 4. The van der Waals surface area contributed by atoms with E-state index in [1.54, 1.807) is 0 Å². The number of hydrogen-bond donors (Lipinski definition) is 4. The molecule has 0 aromatic carbocycles. The first-order chi connectivity index (χ1) is 8.26. The first-order valence-corrected chi connectivity index (χ1v) is 7.15. The molecule has 2 unspecified atom stereocenters. The molecular formula is C14H28O4. The fraction of sp³-hybridized carbons (Fsp3) is 1.00. The summed E-state index contributed by atoms with van der Waals surface area (Å²) in [4.78, 5) is 0. The van der Waals surface area contributed by atoms with Crippen molar-refractivity contribution in [3.63, 3.8) is 0 Å². The molecule has 4 heteroatoms. The van der Waals surface area contributed by atoms with Crippen molar-refractivity contribution in [3.8, 4) is 0 Å². The lowest BCUT2D eigenvalue weighted by atomic mass is 9.85. The van der Waals surface area contributed by atoms with Gasteiger partial charge in [-0.25, -0.2) is 0 Å². The maximum Gasteiger partial charge on any atom is 0.165 e. The van der Waals surface area contributed by atoms with Crippen molar-refractivity contribution in [1.29, 1.82) is 0 Å². The highest BCUT2D eigenvalue weighted by molar-refractivity contribution is 4.77. The number of hydrogen-bond acceptors (Lipinski definition) is 4. The van der Waals surface area contributed by atoms with Gasteiger partial charge in [-0.15, -0.1) is 0 Å². The van der Waals surface area contributed by atoms with Crippen molar-refractivity contribution in [2.75, 3.05) is 0 Å². The van der Waals surface area contributed by atoms with Gasteiger partial charge in [0, 0.05) is 24.7 Å². The summed E-state index contributed by atoms with van der Waals surface area (Å²) in [7, 11) is 0. The Morgan fingerprint density at radius 1 is 0.667 bits per heavy atom. The highest BCUT2D eigenvalue weighted by Crippen LogP contribution is 2.31. The lowest BCUT2D eigenvalue weighted by Crippen LogP contribution is -2.38. The van der Waals surface area contributed by atoms with Gasteiger partial charge in [0.1, 0.15) is 0 Å². The van der Waals surface area contributed by atoms with Crippen LogP contribution in [-0.4, -0.2) is 32.0 Å². The van der Waals surface area contributed by atoms with E-state index in [-0.39, 0.29) is 11.8 Å². The van der Waals surface area contributed by atoms with Gasteiger partial charge in [-0.2, -0.15) is 0 Å². The van der Waals surface area contributed by atoms with Gasteiger partial charge < -0.3 is 20.4 Å². The molecule has 2 atom stereocenters. The Labute approximate surface area is 110 Å². The first-order valence-electron chi connectivity index (χ1n) is 7.15. The molecule has 4 nitrogen and oxygen atoms in total. The minimum atomic E-state index is -1.36. The minimum absolute atomic E-state index is 0.0613. The van der Waals surface area contributed by atoms with Crippen LogP contribution < -0.4 is 0 Å². The lowest BCUT2D eigenvalue weighted by Gasteiger charge is -2.32. The average Bonchev–Trinajstić information content (AvgIpc) is 2.28. The summed E-state index contributed by atoms with van der Waals surface area (Å²) in [5.74, 6) is -2.60. The Balaban J connectivity index is 0.000000180. The van der Waals surface area contributed by atoms with Crippen LogP contribution >= 0.6 is 0 Å². The molecule has 2 rings (SSSR count). The van der Waals surface area contributed by atoms with E-state index in [2.05, 4.69) is 0 Å². The van der Waals surface area contributed by atoms with Gasteiger partial charge in [0.05, 0.1) is 0 Å². The van der Waals surface area contributed by atoms with E-state index in [1.165, 1.54) is 0 Å². The first kappa shape index (κ1) is 15.9. The molecule has 0 spiro atoms. The zero-order valence-electron chi connectivity index (χ0n) is 11.6.